The van der Waals surface area contributed by atoms with Crippen molar-refractivity contribution in [3.05, 3.63) is 54.4 Å². The van der Waals surface area contributed by atoms with E-state index in [-0.39, 0.29) is 11.9 Å². The molecular formula is C23H28N4O2. The summed E-state index contributed by atoms with van der Waals surface area (Å²) in [5, 5.41) is 7.32. The normalized spacial score (nSPS) is 15.9. The van der Waals surface area contributed by atoms with Crippen LogP contribution in [-0.4, -0.2) is 35.0 Å². The Hall–Kier alpha value is -2.86. The lowest BCUT2D eigenvalue weighted by Gasteiger charge is -2.25. The van der Waals surface area contributed by atoms with Crippen LogP contribution in [0.2, 0.25) is 0 Å². The summed E-state index contributed by atoms with van der Waals surface area (Å²) in [6.45, 7) is 0. The van der Waals surface area contributed by atoms with Crippen LogP contribution in [0.5, 0.6) is 11.5 Å². The fourth-order valence-corrected chi connectivity index (χ4v) is 3.96. The number of likely N-dealkylation sites (N-methyl/N-ethyl adjacent to an activating group) is 1. The van der Waals surface area contributed by atoms with Crippen LogP contribution < -0.4 is 15.4 Å². The first-order valence-electron chi connectivity index (χ1n) is 10.4. The summed E-state index contributed by atoms with van der Waals surface area (Å²) in [5.41, 5.74) is 1.90. The molecule has 1 atom stereocenters. The number of nitrogens with zero attached hydrogens (tertiary/aromatic N) is 1. The molecule has 3 N–H and O–H groups in total. The summed E-state index contributed by atoms with van der Waals surface area (Å²) in [4.78, 5) is 20.0. The van der Waals surface area contributed by atoms with E-state index < -0.39 is 0 Å². The molecule has 2 aromatic heterocycles. The van der Waals surface area contributed by atoms with Gasteiger partial charge in [-0.3, -0.25) is 4.79 Å². The number of rotatable bonds is 7. The molecule has 2 heterocycles. The molecule has 29 heavy (non-hydrogen) atoms. The van der Waals surface area contributed by atoms with Gasteiger partial charge in [0.1, 0.15) is 17.1 Å². The average Bonchev–Trinajstić information content (AvgIpc) is 3.24. The maximum atomic E-state index is 12.6. The quantitative estimate of drug-likeness (QED) is 0.569. The number of carbonyl (C=O) groups excluding carboxylic acids is 1. The highest BCUT2D eigenvalue weighted by atomic mass is 16.5. The number of pyridine rings is 1. The Kier molecular flexibility index (Phi) is 6.10. The molecule has 6 heteroatoms. The van der Waals surface area contributed by atoms with Gasteiger partial charge in [-0.1, -0.05) is 31.4 Å². The molecule has 6 nitrogen and oxygen atoms in total. The third-order valence-electron chi connectivity index (χ3n) is 5.63. The van der Waals surface area contributed by atoms with E-state index in [1.54, 1.807) is 6.20 Å². The first-order chi connectivity index (χ1) is 14.2. The molecule has 3 aromatic rings. The van der Waals surface area contributed by atoms with Crippen molar-refractivity contribution in [2.75, 3.05) is 7.05 Å². The van der Waals surface area contributed by atoms with Crippen LogP contribution in [0.25, 0.3) is 11.0 Å². The minimum Gasteiger partial charge on any atom is -0.457 e. The van der Waals surface area contributed by atoms with Gasteiger partial charge in [-0.05, 0) is 56.1 Å². The molecule has 152 valence electrons. The van der Waals surface area contributed by atoms with Gasteiger partial charge in [-0.2, -0.15) is 0 Å². The van der Waals surface area contributed by atoms with Crippen molar-refractivity contribution in [1.82, 2.24) is 20.6 Å². The number of H-pyrrole nitrogens is 1. The zero-order valence-corrected chi connectivity index (χ0v) is 16.8. The number of hydrogen-bond acceptors (Lipinski definition) is 4. The number of fused-ring (bicyclic) bond motifs is 1. The molecule has 1 amide bonds. The number of aromatic nitrogens is 2. The first kappa shape index (κ1) is 19.5. The minimum atomic E-state index is -0.233. The van der Waals surface area contributed by atoms with Crippen LogP contribution in [0, 0.1) is 0 Å². The van der Waals surface area contributed by atoms with Gasteiger partial charge in [0.05, 0.1) is 11.4 Å². The number of carbonyl (C=O) groups is 1. The molecule has 0 spiro atoms. The number of amides is 1. The van der Waals surface area contributed by atoms with Crippen molar-refractivity contribution >= 4 is 16.9 Å². The van der Waals surface area contributed by atoms with Gasteiger partial charge in [0, 0.05) is 18.4 Å². The van der Waals surface area contributed by atoms with Gasteiger partial charge in [-0.25, -0.2) is 4.98 Å². The maximum absolute atomic E-state index is 12.6. The second-order valence-corrected chi connectivity index (χ2v) is 7.68. The lowest BCUT2D eigenvalue weighted by molar-refractivity contribution is -0.123. The lowest BCUT2D eigenvalue weighted by atomic mass is 9.95. The zero-order chi connectivity index (χ0) is 20.1. The Labute approximate surface area is 171 Å². The van der Waals surface area contributed by atoms with Crippen LogP contribution in [-0.2, 0) is 11.2 Å². The Morgan fingerprint density at radius 3 is 2.72 bits per heavy atom. The standard InChI is InChI=1S/C23H28N4O2/c1-24-20(23(28)27-17-5-3-2-4-6-17)15-16-7-9-18(10-8-16)29-21-12-14-26-22-19(21)11-13-25-22/h7-14,17,20,24H,2-6,15H2,1H3,(H,25,26)(H,27,28). The summed E-state index contributed by atoms with van der Waals surface area (Å²) in [6.07, 6.45) is 10.1. The highest BCUT2D eigenvalue weighted by Crippen LogP contribution is 2.28. The summed E-state index contributed by atoms with van der Waals surface area (Å²) in [6, 6.07) is 11.8. The number of aromatic amines is 1. The highest BCUT2D eigenvalue weighted by Gasteiger charge is 2.21. The van der Waals surface area contributed by atoms with Gasteiger partial charge in [0.15, 0.2) is 0 Å². The molecule has 1 aliphatic carbocycles. The molecule has 0 saturated heterocycles. The molecule has 1 fully saturated rings. The number of ether oxygens (including phenoxy) is 1. The van der Waals surface area contributed by atoms with Crippen molar-refractivity contribution in [2.24, 2.45) is 0 Å². The topological polar surface area (TPSA) is 79.0 Å². The van der Waals surface area contributed by atoms with Crippen molar-refractivity contribution in [3.8, 4) is 11.5 Å². The van der Waals surface area contributed by atoms with E-state index >= 15 is 0 Å². The zero-order valence-electron chi connectivity index (χ0n) is 16.8. The molecule has 4 rings (SSSR count). The number of nitrogens with one attached hydrogen (secondary N) is 3. The largest absolute Gasteiger partial charge is 0.457 e. The second-order valence-electron chi connectivity index (χ2n) is 7.68. The molecule has 0 bridgehead atoms. The van der Waals surface area contributed by atoms with E-state index in [0.717, 1.165) is 40.9 Å². The van der Waals surface area contributed by atoms with Gasteiger partial charge < -0.3 is 20.4 Å². The van der Waals surface area contributed by atoms with Crippen LogP contribution >= 0.6 is 0 Å². The highest BCUT2D eigenvalue weighted by molar-refractivity contribution is 5.83. The van der Waals surface area contributed by atoms with E-state index in [9.17, 15) is 4.79 Å². The van der Waals surface area contributed by atoms with E-state index in [0.29, 0.717) is 12.5 Å². The summed E-state index contributed by atoms with van der Waals surface area (Å²) in [5.74, 6) is 1.62. The van der Waals surface area contributed by atoms with Crippen molar-refractivity contribution in [2.45, 2.75) is 50.6 Å². The molecule has 1 aromatic carbocycles. The van der Waals surface area contributed by atoms with Gasteiger partial charge >= 0.3 is 0 Å². The Bertz CT molecular complexity index is 945. The van der Waals surface area contributed by atoms with Crippen molar-refractivity contribution < 1.29 is 9.53 Å². The fraction of sp³-hybridized carbons (Fsp3) is 0.391. The summed E-state index contributed by atoms with van der Waals surface area (Å²) >= 11 is 0. The van der Waals surface area contributed by atoms with Gasteiger partial charge in [0.25, 0.3) is 0 Å². The maximum Gasteiger partial charge on any atom is 0.237 e. The van der Waals surface area contributed by atoms with Crippen molar-refractivity contribution in [3.63, 3.8) is 0 Å². The molecule has 0 aliphatic heterocycles. The first-order valence-corrected chi connectivity index (χ1v) is 10.4. The Morgan fingerprint density at radius 1 is 1.17 bits per heavy atom. The molecule has 1 unspecified atom stereocenters. The summed E-state index contributed by atoms with van der Waals surface area (Å²) < 4.78 is 6.03. The van der Waals surface area contributed by atoms with E-state index in [2.05, 4.69) is 20.6 Å². The number of benzene rings is 1. The smallest absolute Gasteiger partial charge is 0.237 e. The van der Waals surface area contributed by atoms with Crippen LogP contribution in [0.1, 0.15) is 37.7 Å². The molecule has 1 aliphatic rings. The number of hydrogen-bond donors (Lipinski definition) is 3. The van der Waals surface area contributed by atoms with Gasteiger partial charge in [-0.15, -0.1) is 0 Å². The third kappa shape index (κ3) is 4.77. The Morgan fingerprint density at radius 2 is 1.97 bits per heavy atom. The second kappa shape index (κ2) is 9.09. The van der Waals surface area contributed by atoms with E-state index in [1.165, 1.54) is 19.3 Å². The van der Waals surface area contributed by atoms with E-state index in [4.69, 9.17) is 4.74 Å². The minimum absolute atomic E-state index is 0.0892. The lowest BCUT2D eigenvalue weighted by Crippen LogP contribution is -2.48. The van der Waals surface area contributed by atoms with Crippen LogP contribution in [0.15, 0.2) is 48.8 Å². The SMILES string of the molecule is CNC(Cc1ccc(Oc2ccnc3[nH]ccc23)cc1)C(=O)NC1CCCCC1. The van der Waals surface area contributed by atoms with E-state index in [1.807, 2.05) is 49.6 Å². The molecule has 1 saturated carbocycles. The summed E-state index contributed by atoms with van der Waals surface area (Å²) in [7, 11) is 1.84. The monoisotopic (exact) mass is 392 g/mol. The third-order valence-corrected chi connectivity index (χ3v) is 5.63. The van der Waals surface area contributed by atoms with Gasteiger partial charge in [0.2, 0.25) is 5.91 Å². The molecule has 0 radical (unpaired) electrons. The molecular weight excluding hydrogens is 364 g/mol. The Balaban J connectivity index is 1.37. The van der Waals surface area contributed by atoms with Crippen LogP contribution in [0.3, 0.4) is 0 Å². The average molecular weight is 393 g/mol. The van der Waals surface area contributed by atoms with Crippen LogP contribution in [0.4, 0.5) is 0 Å². The predicted molar refractivity (Wildman–Crippen MR) is 114 cm³/mol. The predicted octanol–water partition coefficient (Wildman–Crippen LogP) is 3.93. The fourth-order valence-electron chi connectivity index (χ4n) is 3.96. The van der Waals surface area contributed by atoms with Crippen molar-refractivity contribution in [1.29, 1.82) is 0 Å².